The molecule has 1 aliphatic heterocycles. The number of anilines is 1. The van der Waals surface area contributed by atoms with Crippen LogP contribution in [0.1, 0.15) is 11.7 Å². The van der Waals surface area contributed by atoms with Gasteiger partial charge in [0.2, 0.25) is 0 Å². The largest absolute Gasteiger partial charge is 0.397 e. The van der Waals surface area contributed by atoms with Gasteiger partial charge in [-0.3, -0.25) is 0 Å². The number of halogens is 2. The second-order valence-corrected chi connectivity index (χ2v) is 5.24. The Kier molecular flexibility index (Phi) is 4.05. The minimum atomic E-state index is -0.615. The van der Waals surface area contributed by atoms with Crippen LogP contribution in [0.25, 0.3) is 11.3 Å². The molecule has 3 N–H and O–H groups in total. The van der Waals surface area contributed by atoms with Gasteiger partial charge < -0.3 is 15.8 Å². The number of nitrogens with two attached hydrogens (primary N) is 1. The van der Waals surface area contributed by atoms with Crippen LogP contribution in [-0.2, 0) is 4.74 Å². The second kappa shape index (κ2) is 5.97. The molecule has 1 atom stereocenters. The summed E-state index contributed by atoms with van der Waals surface area (Å²) >= 11 is 5.72. The summed E-state index contributed by atoms with van der Waals surface area (Å²) in [5, 5.41) is 3.11. The standard InChI is InChI=1S/C15H15ClFN3O/c16-15-11(17)7-12(18)14(20-15)10-3-1-9(2-4-10)13-8-19-5-6-21-13/h1-4,7,13,19H,5-6,8,18H2. The Hall–Kier alpha value is -1.69. The Bertz CT molecular complexity index is 642. The number of benzene rings is 1. The number of nitrogens with zero attached hydrogens (tertiary/aromatic N) is 1. The Balaban J connectivity index is 1.88. The van der Waals surface area contributed by atoms with Crippen LogP contribution in [0.3, 0.4) is 0 Å². The second-order valence-electron chi connectivity index (χ2n) is 4.88. The molecule has 1 fully saturated rings. The summed E-state index contributed by atoms with van der Waals surface area (Å²) < 4.78 is 19.0. The molecule has 1 saturated heterocycles. The van der Waals surface area contributed by atoms with Gasteiger partial charge in [0.15, 0.2) is 11.0 Å². The summed E-state index contributed by atoms with van der Waals surface area (Å²) in [7, 11) is 0. The molecule has 0 spiro atoms. The molecule has 1 unspecified atom stereocenters. The first-order valence-corrected chi connectivity index (χ1v) is 7.07. The monoisotopic (exact) mass is 307 g/mol. The fraction of sp³-hybridized carbons (Fsp3) is 0.267. The lowest BCUT2D eigenvalue weighted by atomic mass is 10.0. The van der Waals surface area contributed by atoms with E-state index in [1.165, 1.54) is 6.07 Å². The van der Waals surface area contributed by atoms with Crippen LogP contribution in [0.15, 0.2) is 30.3 Å². The van der Waals surface area contributed by atoms with Crippen molar-refractivity contribution >= 4 is 17.3 Å². The van der Waals surface area contributed by atoms with Crippen molar-refractivity contribution in [2.45, 2.75) is 6.10 Å². The van der Waals surface area contributed by atoms with Crippen LogP contribution < -0.4 is 11.1 Å². The minimum Gasteiger partial charge on any atom is -0.397 e. The highest BCUT2D eigenvalue weighted by atomic mass is 35.5. The highest BCUT2D eigenvalue weighted by Gasteiger charge is 2.16. The molecule has 1 aromatic heterocycles. The van der Waals surface area contributed by atoms with Gasteiger partial charge in [-0.2, -0.15) is 0 Å². The zero-order valence-corrected chi connectivity index (χ0v) is 12.0. The van der Waals surface area contributed by atoms with E-state index in [1.54, 1.807) is 0 Å². The number of hydrogen-bond acceptors (Lipinski definition) is 4. The highest BCUT2D eigenvalue weighted by molar-refractivity contribution is 6.29. The number of rotatable bonds is 2. The smallest absolute Gasteiger partial charge is 0.165 e. The van der Waals surface area contributed by atoms with E-state index < -0.39 is 5.82 Å². The van der Waals surface area contributed by atoms with Crippen molar-refractivity contribution in [2.75, 3.05) is 25.4 Å². The van der Waals surface area contributed by atoms with Crippen molar-refractivity contribution in [2.24, 2.45) is 0 Å². The van der Waals surface area contributed by atoms with Gasteiger partial charge in [0.05, 0.1) is 24.1 Å². The molecule has 110 valence electrons. The normalized spacial score (nSPS) is 18.7. The quantitative estimate of drug-likeness (QED) is 0.838. The zero-order valence-electron chi connectivity index (χ0n) is 11.3. The van der Waals surface area contributed by atoms with E-state index in [-0.39, 0.29) is 16.9 Å². The van der Waals surface area contributed by atoms with Gasteiger partial charge in [0.1, 0.15) is 0 Å². The average Bonchev–Trinajstić information content (AvgIpc) is 2.52. The lowest BCUT2D eigenvalue weighted by molar-refractivity contribution is 0.0277. The zero-order chi connectivity index (χ0) is 14.8. The maximum absolute atomic E-state index is 13.3. The number of nitrogen functional groups attached to an aromatic ring is 1. The lowest BCUT2D eigenvalue weighted by Crippen LogP contribution is -2.33. The summed E-state index contributed by atoms with van der Waals surface area (Å²) in [6.45, 7) is 2.37. The van der Waals surface area contributed by atoms with Crippen molar-refractivity contribution in [3.63, 3.8) is 0 Å². The molecule has 0 bridgehead atoms. The summed E-state index contributed by atoms with van der Waals surface area (Å²) in [5.74, 6) is -0.615. The molecular weight excluding hydrogens is 293 g/mol. The molecule has 2 heterocycles. The topological polar surface area (TPSA) is 60.2 Å². The molecule has 0 amide bonds. The molecule has 6 heteroatoms. The van der Waals surface area contributed by atoms with Crippen LogP contribution in [0, 0.1) is 5.82 Å². The van der Waals surface area contributed by atoms with Crippen molar-refractivity contribution in [1.29, 1.82) is 0 Å². The van der Waals surface area contributed by atoms with E-state index >= 15 is 0 Å². The van der Waals surface area contributed by atoms with Gasteiger partial charge in [0.25, 0.3) is 0 Å². The average molecular weight is 308 g/mol. The van der Waals surface area contributed by atoms with Gasteiger partial charge in [-0.15, -0.1) is 0 Å². The maximum atomic E-state index is 13.3. The van der Waals surface area contributed by atoms with E-state index in [2.05, 4.69) is 10.3 Å². The van der Waals surface area contributed by atoms with Gasteiger partial charge >= 0.3 is 0 Å². The van der Waals surface area contributed by atoms with Crippen molar-refractivity contribution in [3.05, 3.63) is 46.9 Å². The number of nitrogens with one attached hydrogen (secondary N) is 1. The Labute approximate surface area is 127 Å². The third-order valence-electron chi connectivity index (χ3n) is 3.45. The Morgan fingerprint density at radius 2 is 2.10 bits per heavy atom. The summed E-state index contributed by atoms with van der Waals surface area (Å²) in [5.41, 5.74) is 8.43. The molecule has 21 heavy (non-hydrogen) atoms. The number of pyridine rings is 1. The van der Waals surface area contributed by atoms with E-state index in [4.69, 9.17) is 22.1 Å². The molecule has 2 aromatic rings. The fourth-order valence-electron chi connectivity index (χ4n) is 2.35. The summed E-state index contributed by atoms with van der Waals surface area (Å²) in [4.78, 5) is 4.01. The Morgan fingerprint density at radius 3 is 2.76 bits per heavy atom. The third-order valence-corrected chi connectivity index (χ3v) is 3.71. The molecule has 1 aromatic carbocycles. The summed E-state index contributed by atoms with van der Waals surface area (Å²) in [6.07, 6.45) is 0.0508. The first-order chi connectivity index (χ1) is 10.1. The van der Waals surface area contributed by atoms with Crippen LogP contribution in [0.5, 0.6) is 0 Å². The number of morpholine rings is 1. The van der Waals surface area contributed by atoms with Crippen molar-refractivity contribution in [3.8, 4) is 11.3 Å². The van der Waals surface area contributed by atoms with E-state index in [0.29, 0.717) is 12.3 Å². The molecule has 0 radical (unpaired) electrons. The van der Waals surface area contributed by atoms with Crippen LogP contribution in [0.2, 0.25) is 5.15 Å². The Morgan fingerprint density at radius 1 is 1.33 bits per heavy atom. The van der Waals surface area contributed by atoms with Crippen molar-refractivity contribution < 1.29 is 9.13 Å². The predicted molar refractivity (Wildman–Crippen MR) is 80.6 cm³/mol. The molecule has 0 aliphatic carbocycles. The number of hydrogen-bond donors (Lipinski definition) is 2. The van der Waals surface area contributed by atoms with Gasteiger partial charge in [-0.05, 0) is 5.56 Å². The molecule has 3 rings (SSSR count). The first-order valence-electron chi connectivity index (χ1n) is 6.69. The van der Waals surface area contributed by atoms with Gasteiger partial charge in [-0.25, -0.2) is 9.37 Å². The molecule has 4 nitrogen and oxygen atoms in total. The van der Waals surface area contributed by atoms with Crippen LogP contribution >= 0.6 is 11.6 Å². The maximum Gasteiger partial charge on any atom is 0.165 e. The number of ether oxygens (including phenoxy) is 1. The van der Waals surface area contributed by atoms with E-state index in [1.807, 2.05) is 24.3 Å². The molecular formula is C15H15ClFN3O. The first kappa shape index (κ1) is 14.3. The van der Waals surface area contributed by atoms with Crippen LogP contribution in [-0.4, -0.2) is 24.7 Å². The predicted octanol–water partition coefficient (Wildman–Crippen LogP) is 2.78. The van der Waals surface area contributed by atoms with E-state index in [0.717, 1.165) is 24.2 Å². The highest BCUT2D eigenvalue weighted by Crippen LogP contribution is 2.29. The van der Waals surface area contributed by atoms with Crippen LogP contribution in [0.4, 0.5) is 10.1 Å². The number of aromatic nitrogens is 1. The SMILES string of the molecule is Nc1cc(F)c(Cl)nc1-c1ccc(C2CNCCO2)cc1. The van der Waals surface area contributed by atoms with E-state index in [9.17, 15) is 4.39 Å². The third kappa shape index (κ3) is 3.00. The summed E-state index contributed by atoms with van der Waals surface area (Å²) in [6, 6.07) is 8.89. The molecule has 1 aliphatic rings. The lowest BCUT2D eigenvalue weighted by Gasteiger charge is -2.24. The van der Waals surface area contributed by atoms with Crippen molar-refractivity contribution in [1.82, 2.24) is 10.3 Å². The molecule has 0 saturated carbocycles. The fourth-order valence-corrected chi connectivity index (χ4v) is 2.49. The van der Waals surface area contributed by atoms with Gasteiger partial charge in [0, 0.05) is 24.7 Å². The minimum absolute atomic E-state index is 0.0508. The van der Waals surface area contributed by atoms with Gasteiger partial charge in [-0.1, -0.05) is 35.9 Å².